The number of hydrogen-bond acceptors (Lipinski definition) is 3. The van der Waals surface area contributed by atoms with E-state index in [1.807, 2.05) is 25.1 Å². The quantitative estimate of drug-likeness (QED) is 0.874. The van der Waals surface area contributed by atoms with E-state index in [9.17, 15) is 13.2 Å². The number of benzene rings is 1. The molecule has 1 N–H and O–H groups in total. The number of carbonyl (C=O) groups is 1. The predicted octanol–water partition coefficient (Wildman–Crippen LogP) is 1.23. The molecule has 0 heterocycles. The number of hydrogen-bond donors (Lipinski definition) is 1. The van der Waals surface area contributed by atoms with E-state index in [1.165, 1.54) is 6.92 Å². The summed E-state index contributed by atoms with van der Waals surface area (Å²) in [6, 6.07) is 6.25. The summed E-state index contributed by atoms with van der Waals surface area (Å²) in [5.41, 5.74) is 1.78. The zero-order chi connectivity index (χ0) is 13.9. The maximum Gasteiger partial charge on any atom is 0.321 e. The second kappa shape index (κ2) is 5.49. The minimum absolute atomic E-state index is 0.0635. The number of carboxylic acids is 1. The van der Waals surface area contributed by atoms with Crippen LogP contribution in [0.5, 0.6) is 0 Å². The van der Waals surface area contributed by atoms with Crippen LogP contribution in [-0.2, 0) is 21.4 Å². The molecule has 100 valence electrons. The molecule has 6 heteroatoms. The Morgan fingerprint density at radius 3 is 2.50 bits per heavy atom. The average Bonchev–Trinajstić information content (AvgIpc) is 2.23. The van der Waals surface area contributed by atoms with E-state index in [-0.39, 0.29) is 6.54 Å². The molecule has 0 aliphatic rings. The Morgan fingerprint density at radius 1 is 1.44 bits per heavy atom. The maximum absolute atomic E-state index is 11.6. The lowest BCUT2D eigenvalue weighted by atomic mass is 10.1. The molecule has 0 saturated heterocycles. The van der Waals surface area contributed by atoms with Gasteiger partial charge in [0.2, 0.25) is 10.0 Å². The molecule has 18 heavy (non-hydrogen) atoms. The Balaban J connectivity index is 3.04. The molecule has 1 aromatic rings. The summed E-state index contributed by atoms with van der Waals surface area (Å²) in [6.07, 6.45) is 1.02. The third-order valence-electron chi connectivity index (χ3n) is 2.64. The van der Waals surface area contributed by atoms with Crippen molar-refractivity contribution in [1.29, 1.82) is 0 Å². The van der Waals surface area contributed by atoms with Crippen molar-refractivity contribution in [3.05, 3.63) is 35.4 Å². The van der Waals surface area contributed by atoms with Crippen molar-refractivity contribution in [1.82, 2.24) is 4.31 Å². The average molecular weight is 271 g/mol. The highest BCUT2D eigenvalue weighted by molar-refractivity contribution is 7.88. The van der Waals surface area contributed by atoms with Crippen LogP contribution < -0.4 is 0 Å². The van der Waals surface area contributed by atoms with Crippen LogP contribution in [0.25, 0.3) is 0 Å². The second-order valence-corrected chi connectivity index (χ2v) is 6.25. The fourth-order valence-corrected chi connectivity index (χ4v) is 2.70. The van der Waals surface area contributed by atoms with Crippen LogP contribution in [0.15, 0.2) is 24.3 Å². The van der Waals surface area contributed by atoms with Gasteiger partial charge in [-0.2, -0.15) is 4.31 Å². The summed E-state index contributed by atoms with van der Waals surface area (Å²) < 4.78 is 24.2. The molecule has 0 aliphatic heterocycles. The zero-order valence-corrected chi connectivity index (χ0v) is 11.4. The first-order valence-corrected chi connectivity index (χ1v) is 7.32. The molecule has 0 amide bonds. The van der Waals surface area contributed by atoms with Gasteiger partial charge in [-0.3, -0.25) is 4.79 Å². The van der Waals surface area contributed by atoms with Gasteiger partial charge in [0.15, 0.2) is 0 Å². The molecule has 0 spiro atoms. The monoisotopic (exact) mass is 271 g/mol. The van der Waals surface area contributed by atoms with Crippen LogP contribution in [0.4, 0.5) is 0 Å². The fourth-order valence-electron chi connectivity index (χ4n) is 1.66. The number of rotatable bonds is 5. The van der Waals surface area contributed by atoms with E-state index < -0.39 is 22.0 Å². The van der Waals surface area contributed by atoms with Crippen LogP contribution in [0.1, 0.15) is 18.1 Å². The lowest BCUT2D eigenvalue weighted by Crippen LogP contribution is -2.42. The molecular weight excluding hydrogens is 254 g/mol. The van der Waals surface area contributed by atoms with Gasteiger partial charge in [-0.15, -0.1) is 0 Å². The van der Waals surface area contributed by atoms with Crippen LogP contribution in [0.2, 0.25) is 0 Å². The highest BCUT2D eigenvalue weighted by Crippen LogP contribution is 2.14. The molecule has 0 aromatic heterocycles. The number of aryl methyl sites for hydroxylation is 1. The lowest BCUT2D eigenvalue weighted by Gasteiger charge is -2.24. The number of nitrogens with zero attached hydrogens (tertiary/aromatic N) is 1. The first-order chi connectivity index (χ1) is 8.21. The molecule has 5 nitrogen and oxygen atoms in total. The van der Waals surface area contributed by atoms with Gasteiger partial charge in [-0.25, -0.2) is 8.42 Å². The lowest BCUT2D eigenvalue weighted by molar-refractivity contribution is -0.141. The molecule has 0 saturated carbocycles. The second-order valence-electron chi connectivity index (χ2n) is 4.31. The summed E-state index contributed by atoms with van der Waals surface area (Å²) >= 11 is 0. The largest absolute Gasteiger partial charge is 0.480 e. The molecular formula is C12H17NO4S. The molecule has 0 bridgehead atoms. The van der Waals surface area contributed by atoms with E-state index in [2.05, 4.69) is 0 Å². The molecule has 0 fully saturated rings. The van der Waals surface area contributed by atoms with Crippen molar-refractivity contribution in [2.45, 2.75) is 26.4 Å². The fraction of sp³-hybridized carbons (Fsp3) is 0.417. The molecule has 0 radical (unpaired) electrons. The minimum atomic E-state index is -3.57. The minimum Gasteiger partial charge on any atom is -0.480 e. The van der Waals surface area contributed by atoms with E-state index >= 15 is 0 Å². The van der Waals surface area contributed by atoms with Crippen LogP contribution >= 0.6 is 0 Å². The first-order valence-electron chi connectivity index (χ1n) is 5.47. The summed E-state index contributed by atoms with van der Waals surface area (Å²) in [4.78, 5) is 10.9. The van der Waals surface area contributed by atoms with Gasteiger partial charge in [0.25, 0.3) is 0 Å². The number of sulfonamides is 1. The van der Waals surface area contributed by atoms with Crippen molar-refractivity contribution >= 4 is 16.0 Å². The van der Waals surface area contributed by atoms with Crippen molar-refractivity contribution in [2.75, 3.05) is 6.26 Å². The van der Waals surface area contributed by atoms with Gasteiger partial charge in [0, 0.05) is 6.54 Å². The topological polar surface area (TPSA) is 74.7 Å². The normalized spacial score (nSPS) is 13.6. The van der Waals surface area contributed by atoms with Crippen molar-refractivity contribution < 1.29 is 18.3 Å². The Hall–Kier alpha value is -1.40. The predicted molar refractivity (Wildman–Crippen MR) is 68.7 cm³/mol. The summed E-state index contributed by atoms with van der Waals surface area (Å²) in [7, 11) is -3.57. The Kier molecular flexibility index (Phi) is 4.48. The van der Waals surface area contributed by atoms with Crippen molar-refractivity contribution in [3.8, 4) is 0 Å². The Morgan fingerprint density at radius 2 is 2.06 bits per heavy atom. The van der Waals surface area contributed by atoms with Gasteiger partial charge < -0.3 is 5.11 Å². The first kappa shape index (κ1) is 14.7. The number of carboxylic acid groups (broad SMARTS) is 1. The highest BCUT2D eigenvalue weighted by Gasteiger charge is 2.28. The summed E-state index contributed by atoms with van der Waals surface area (Å²) in [5, 5.41) is 8.94. The Bertz CT molecular complexity index is 539. The SMILES string of the molecule is Cc1cccc(CN(C(C)C(=O)O)S(C)(=O)=O)c1. The van der Waals surface area contributed by atoms with Gasteiger partial charge in [0.05, 0.1) is 6.26 Å². The number of aliphatic carboxylic acids is 1. The van der Waals surface area contributed by atoms with Gasteiger partial charge in [-0.05, 0) is 19.4 Å². The van der Waals surface area contributed by atoms with Crippen LogP contribution in [-0.4, -0.2) is 36.1 Å². The maximum atomic E-state index is 11.6. The Labute approximate surface area is 107 Å². The molecule has 1 rings (SSSR count). The molecule has 1 unspecified atom stereocenters. The summed E-state index contributed by atoms with van der Waals surface area (Å²) in [5.74, 6) is -1.16. The molecule has 1 aromatic carbocycles. The van der Waals surface area contributed by atoms with E-state index in [0.29, 0.717) is 0 Å². The van der Waals surface area contributed by atoms with E-state index in [4.69, 9.17) is 5.11 Å². The molecule has 1 atom stereocenters. The third kappa shape index (κ3) is 3.82. The van der Waals surface area contributed by atoms with Gasteiger partial charge in [0.1, 0.15) is 6.04 Å². The standard InChI is InChI=1S/C12H17NO4S/c1-9-5-4-6-11(7-9)8-13(18(3,16)17)10(2)12(14)15/h4-7,10H,8H2,1-3H3,(H,14,15). The van der Waals surface area contributed by atoms with Crippen molar-refractivity contribution in [2.24, 2.45) is 0 Å². The van der Waals surface area contributed by atoms with Gasteiger partial charge in [-0.1, -0.05) is 29.8 Å². The van der Waals surface area contributed by atoms with E-state index in [0.717, 1.165) is 21.7 Å². The highest BCUT2D eigenvalue weighted by atomic mass is 32.2. The summed E-state index contributed by atoms with van der Waals surface area (Å²) in [6.45, 7) is 3.32. The third-order valence-corrected chi connectivity index (χ3v) is 3.93. The van der Waals surface area contributed by atoms with Crippen LogP contribution in [0, 0.1) is 6.92 Å². The van der Waals surface area contributed by atoms with E-state index in [1.54, 1.807) is 6.07 Å². The van der Waals surface area contributed by atoms with Crippen molar-refractivity contribution in [3.63, 3.8) is 0 Å². The smallest absolute Gasteiger partial charge is 0.321 e. The zero-order valence-electron chi connectivity index (χ0n) is 10.6. The van der Waals surface area contributed by atoms with Crippen LogP contribution in [0.3, 0.4) is 0 Å². The molecule has 0 aliphatic carbocycles. The van der Waals surface area contributed by atoms with Gasteiger partial charge >= 0.3 is 5.97 Å².